The van der Waals surface area contributed by atoms with Gasteiger partial charge in [-0.1, -0.05) is 6.92 Å². The number of anilines is 2. The molecular formula is C19H27N5O5S. The molecule has 10 nitrogen and oxygen atoms in total. The minimum Gasteiger partial charge on any atom is -0.464 e. The van der Waals surface area contributed by atoms with Crippen molar-refractivity contribution in [1.29, 1.82) is 0 Å². The molecule has 0 saturated heterocycles. The Morgan fingerprint density at radius 1 is 1.07 bits per heavy atom. The van der Waals surface area contributed by atoms with E-state index in [9.17, 15) is 20.2 Å². The third kappa shape index (κ3) is 6.36. The van der Waals surface area contributed by atoms with Gasteiger partial charge in [-0.2, -0.15) is 11.8 Å². The van der Waals surface area contributed by atoms with E-state index in [0.29, 0.717) is 30.3 Å². The Bertz CT molecular complexity index is 886. The summed E-state index contributed by atoms with van der Waals surface area (Å²) in [6.45, 7) is 3.82. The van der Waals surface area contributed by atoms with Gasteiger partial charge >= 0.3 is 0 Å². The molecule has 2 N–H and O–H groups in total. The maximum Gasteiger partial charge on any atom is 0.299 e. The summed E-state index contributed by atoms with van der Waals surface area (Å²) < 4.78 is 5.79. The normalized spacial score (nSPS) is 11.1. The van der Waals surface area contributed by atoms with E-state index >= 15 is 0 Å². The zero-order valence-corrected chi connectivity index (χ0v) is 18.2. The second-order valence-electron chi connectivity index (χ2n) is 7.06. The Kier molecular flexibility index (Phi) is 8.48. The molecular weight excluding hydrogens is 410 g/mol. The number of rotatable bonds is 12. The molecule has 1 aromatic heterocycles. The number of hydrogen-bond acceptors (Lipinski definition) is 9. The molecule has 0 aliphatic heterocycles. The molecule has 0 unspecified atom stereocenters. The van der Waals surface area contributed by atoms with Crippen LogP contribution in [0.5, 0.6) is 0 Å². The first-order valence-corrected chi connectivity index (χ1v) is 10.7. The maximum absolute atomic E-state index is 11.5. The van der Waals surface area contributed by atoms with Crippen LogP contribution in [0.4, 0.5) is 22.7 Å². The van der Waals surface area contributed by atoms with E-state index in [1.165, 1.54) is 6.07 Å². The van der Waals surface area contributed by atoms with Crippen LogP contribution in [0.2, 0.25) is 0 Å². The lowest BCUT2D eigenvalue weighted by Gasteiger charge is -2.24. The molecule has 164 valence electrons. The number of hydrogen-bond donors (Lipinski definition) is 1. The number of nitrogens with zero attached hydrogens (tertiary/aromatic N) is 4. The van der Waals surface area contributed by atoms with Crippen LogP contribution in [0.25, 0.3) is 0 Å². The lowest BCUT2D eigenvalue weighted by Crippen LogP contribution is -2.27. The van der Waals surface area contributed by atoms with Crippen molar-refractivity contribution in [2.75, 3.05) is 43.6 Å². The van der Waals surface area contributed by atoms with Gasteiger partial charge in [0.15, 0.2) is 0 Å². The zero-order valence-electron chi connectivity index (χ0n) is 17.4. The number of nitro groups is 2. The molecule has 0 aliphatic carbocycles. The highest BCUT2D eigenvalue weighted by molar-refractivity contribution is 7.98. The fourth-order valence-electron chi connectivity index (χ4n) is 3.01. The van der Waals surface area contributed by atoms with Crippen molar-refractivity contribution in [2.24, 2.45) is 0 Å². The van der Waals surface area contributed by atoms with E-state index in [0.717, 1.165) is 30.6 Å². The van der Waals surface area contributed by atoms with E-state index < -0.39 is 15.5 Å². The molecule has 1 aromatic carbocycles. The summed E-state index contributed by atoms with van der Waals surface area (Å²) in [5.41, 5.74) is 5.23. The number of nitrogens with two attached hydrogens (primary N) is 1. The molecule has 0 bridgehead atoms. The van der Waals surface area contributed by atoms with Crippen LogP contribution >= 0.6 is 11.8 Å². The quantitative estimate of drug-likeness (QED) is 0.227. The summed E-state index contributed by atoms with van der Waals surface area (Å²) in [7, 11) is 3.95. The first-order chi connectivity index (χ1) is 14.2. The van der Waals surface area contributed by atoms with Crippen molar-refractivity contribution in [3.8, 4) is 0 Å². The Hall–Kier alpha value is -2.79. The number of nitro benzene ring substituents is 2. The lowest BCUT2D eigenvalue weighted by atomic mass is 10.2. The Morgan fingerprint density at radius 3 is 2.33 bits per heavy atom. The van der Waals surface area contributed by atoms with Gasteiger partial charge in [0, 0.05) is 18.8 Å². The predicted octanol–water partition coefficient (Wildman–Crippen LogP) is 3.89. The molecule has 0 radical (unpaired) electrons. The summed E-state index contributed by atoms with van der Waals surface area (Å²) in [4.78, 5) is 25.2. The predicted molar refractivity (Wildman–Crippen MR) is 119 cm³/mol. The second-order valence-corrected chi connectivity index (χ2v) is 8.16. The van der Waals surface area contributed by atoms with Gasteiger partial charge in [0.2, 0.25) is 0 Å². The minimum absolute atomic E-state index is 0.0848. The third-order valence-electron chi connectivity index (χ3n) is 4.29. The molecule has 2 rings (SSSR count). The fraction of sp³-hybridized carbons (Fsp3) is 0.474. The Balaban J connectivity index is 2.07. The molecule has 2 aromatic rings. The summed E-state index contributed by atoms with van der Waals surface area (Å²) >= 11 is 1.66. The molecule has 1 heterocycles. The molecule has 0 amide bonds. The molecule has 0 atom stereocenters. The molecule has 0 saturated carbocycles. The SMILES string of the molecule is CCCN(CCSCc1ccc(CN(C)C)o1)c1cc(N)c([N+](=O)[O-])cc1[N+](=O)[O-]. The second kappa shape index (κ2) is 10.8. The Labute approximate surface area is 179 Å². The van der Waals surface area contributed by atoms with Crippen molar-refractivity contribution in [1.82, 2.24) is 4.90 Å². The topological polar surface area (TPSA) is 132 Å². The summed E-state index contributed by atoms with van der Waals surface area (Å²) in [6.07, 6.45) is 0.769. The van der Waals surface area contributed by atoms with Gasteiger partial charge in [0.1, 0.15) is 22.9 Å². The minimum atomic E-state index is -0.708. The van der Waals surface area contributed by atoms with Crippen LogP contribution in [0.15, 0.2) is 28.7 Å². The van der Waals surface area contributed by atoms with E-state index in [-0.39, 0.29) is 11.4 Å². The smallest absolute Gasteiger partial charge is 0.299 e. The van der Waals surface area contributed by atoms with E-state index in [1.54, 1.807) is 11.8 Å². The number of furan rings is 1. The van der Waals surface area contributed by atoms with Crippen LogP contribution in [0.3, 0.4) is 0 Å². The first kappa shape index (κ1) is 23.5. The maximum atomic E-state index is 11.5. The van der Waals surface area contributed by atoms with Gasteiger partial charge in [-0.25, -0.2) is 0 Å². The highest BCUT2D eigenvalue weighted by Gasteiger charge is 2.26. The number of nitrogen functional groups attached to an aromatic ring is 1. The van der Waals surface area contributed by atoms with Crippen LogP contribution < -0.4 is 10.6 Å². The summed E-state index contributed by atoms with van der Waals surface area (Å²) in [5.74, 6) is 3.18. The molecule has 11 heteroatoms. The standard InChI is InChI=1S/C19H27N5O5S/c1-4-7-22(8-9-30-13-15-6-5-14(29-15)12-21(2)3)18-10-16(20)17(23(25)26)11-19(18)24(27)28/h5-6,10-11H,4,7-9,12-13,20H2,1-3H3. The zero-order chi connectivity index (χ0) is 22.3. The average molecular weight is 438 g/mol. The monoisotopic (exact) mass is 437 g/mol. The van der Waals surface area contributed by atoms with Crippen LogP contribution in [0, 0.1) is 20.2 Å². The largest absolute Gasteiger partial charge is 0.464 e. The molecule has 30 heavy (non-hydrogen) atoms. The summed E-state index contributed by atoms with van der Waals surface area (Å²) in [5, 5.41) is 22.6. The highest BCUT2D eigenvalue weighted by Crippen LogP contribution is 2.36. The number of thioether (sulfide) groups is 1. The van der Waals surface area contributed by atoms with Crippen LogP contribution in [0.1, 0.15) is 24.9 Å². The summed E-state index contributed by atoms with van der Waals surface area (Å²) in [6, 6.07) is 6.19. The molecule has 0 spiro atoms. The van der Waals surface area contributed by atoms with Crippen molar-refractivity contribution in [3.63, 3.8) is 0 Å². The van der Waals surface area contributed by atoms with Crippen molar-refractivity contribution < 1.29 is 14.3 Å². The van der Waals surface area contributed by atoms with Gasteiger partial charge < -0.3 is 20.0 Å². The Morgan fingerprint density at radius 2 is 1.73 bits per heavy atom. The van der Waals surface area contributed by atoms with Crippen molar-refractivity contribution >= 4 is 34.5 Å². The fourth-order valence-corrected chi connectivity index (χ4v) is 3.86. The van der Waals surface area contributed by atoms with E-state index in [4.69, 9.17) is 10.2 Å². The average Bonchev–Trinajstić information content (AvgIpc) is 3.10. The van der Waals surface area contributed by atoms with Crippen molar-refractivity contribution in [2.45, 2.75) is 25.6 Å². The van der Waals surface area contributed by atoms with Crippen LogP contribution in [-0.4, -0.2) is 47.7 Å². The molecule has 0 aliphatic rings. The van der Waals surface area contributed by atoms with Gasteiger partial charge in [-0.3, -0.25) is 20.2 Å². The van der Waals surface area contributed by atoms with Crippen LogP contribution in [-0.2, 0) is 12.3 Å². The molecule has 0 fully saturated rings. The lowest BCUT2D eigenvalue weighted by molar-refractivity contribution is -0.393. The van der Waals surface area contributed by atoms with Gasteiger partial charge in [-0.15, -0.1) is 0 Å². The number of benzene rings is 1. The van der Waals surface area contributed by atoms with Gasteiger partial charge in [0.05, 0.1) is 28.2 Å². The third-order valence-corrected chi connectivity index (χ3v) is 5.25. The van der Waals surface area contributed by atoms with Crippen molar-refractivity contribution in [3.05, 3.63) is 56.0 Å². The van der Waals surface area contributed by atoms with Gasteiger partial charge in [-0.05, 0) is 38.7 Å². The van der Waals surface area contributed by atoms with E-state index in [2.05, 4.69) is 0 Å². The first-order valence-electron chi connectivity index (χ1n) is 9.50. The van der Waals surface area contributed by atoms with Gasteiger partial charge in [0.25, 0.3) is 11.4 Å². The highest BCUT2D eigenvalue weighted by atomic mass is 32.2. The van der Waals surface area contributed by atoms with E-state index in [1.807, 2.05) is 43.0 Å².